The normalized spacial score (nSPS) is 15.5. The molecule has 1 unspecified atom stereocenters. The van der Waals surface area contributed by atoms with Gasteiger partial charge in [0.2, 0.25) is 5.91 Å². The summed E-state index contributed by atoms with van der Waals surface area (Å²) in [5.41, 5.74) is 1.15. The highest BCUT2D eigenvalue weighted by molar-refractivity contribution is 8.00. The van der Waals surface area contributed by atoms with E-state index in [9.17, 15) is 14.7 Å². The molecule has 0 spiro atoms. The topological polar surface area (TPSA) is 78.4 Å². The van der Waals surface area contributed by atoms with Crippen molar-refractivity contribution in [3.05, 3.63) is 23.8 Å². The molecular weight excluding hydrogens is 276 g/mol. The number of hydrogen-bond acceptors (Lipinski definition) is 4. The summed E-state index contributed by atoms with van der Waals surface area (Å²) in [6.07, 6.45) is 0. The van der Waals surface area contributed by atoms with Gasteiger partial charge in [-0.15, -0.1) is 11.8 Å². The lowest BCUT2D eigenvalue weighted by molar-refractivity contribution is -0.113. The zero-order valence-electron chi connectivity index (χ0n) is 11.5. The molecule has 108 valence electrons. The highest BCUT2D eigenvalue weighted by Crippen LogP contribution is 2.31. The Morgan fingerprint density at radius 2 is 2.25 bits per heavy atom. The number of carbonyl (C=O) groups is 2. The highest BCUT2D eigenvalue weighted by atomic mass is 32.2. The van der Waals surface area contributed by atoms with E-state index in [0.717, 1.165) is 4.90 Å². The zero-order chi connectivity index (χ0) is 14.7. The summed E-state index contributed by atoms with van der Waals surface area (Å²) in [6, 6.07) is 4.96. The summed E-state index contributed by atoms with van der Waals surface area (Å²) in [5, 5.41) is 14.8. The summed E-state index contributed by atoms with van der Waals surface area (Å²) in [5.74, 6) is 0.246. The van der Waals surface area contributed by atoms with Gasteiger partial charge in [0.25, 0.3) is 5.91 Å². The van der Waals surface area contributed by atoms with Gasteiger partial charge in [-0.05, 0) is 24.1 Å². The quantitative estimate of drug-likeness (QED) is 0.786. The maximum absolute atomic E-state index is 12.1. The van der Waals surface area contributed by atoms with Gasteiger partial charge in [-0.2, -0.15) is 0 Å². The molecule has 1 aliphatic heterocycles. The van der Waals surface area contributed by atoms with Gasteiger partial charge in [-0.25, -0.2) is 0 Å². The molecule has 0 fully saturated rings. The van der Waals surface area contributed by atoms with Gasteiger partial charge in [0.15, 0.2) is 0 Å². The van der Waals surface area contributed by atoms with Crippen LogP contribution in [0.5, 0.6) is 0 Å². The Bertz CT molecular complexity index is 531. The summed E-state index contributed by atoms with van der Waals surface area (Å²) in [4.78, 5) is 24.5. The maximum Gasteiger partial charge on any atom is 0.251 e. The van der Waals surface area contributed by atoms with Crippen LogP contribution in [0.25, 0.3) is 0 Å². The van der Waals surface area contributed by atoms with Crippen LogP contribution in [0.3, 0.4) is 0 Å². The van der Waals surface area contributed by atoms with E-state index in [1.165, 1.54) is 11.8 Å². The minimum Gasteiger partial charge on any atom is -0.394 e. The van der Waals surface area contributed by atoms with Crippen LogP contribution >= 0.6 is 11.8 Å². The number of hydrogen-bond donors (Lipinski definition) is 3. The first-order valence-corrected chi connectivity index (χ1v) is 7.48. The van der Waals surface area contributed by atoms with Crippen molar-refractivity contribution in [1.82, 2.24) is 5.32 Å². The monoisotopic (exact) mass is 294 g/mol. The Morgan fingerprint density at radius 1 is 1.50 bits per heavy atom. The zero-order valence-corrected chi connectivity index (χ0v) is 12.3. The van der Waals surface area contributed by atoms with E-state index in [-0.39, 0.29) is 30.4 Å². The third-order valence-corrected chi connectivity index (χ3v) is 4.27. The summed E-state index contributed by atoms with van der Waals surface area (Å²) >= 11 is 1.46. The standard InChI is InChI=1S/C14H18N2O3S/c1-8(2)11(6-17)16-14(19)9-3-4-12-10(5-9)15-13(18)7-20-12/h3-5,8,11,17H,6-7H2,1-2H3,(H,15,18)(H,16,19). The molecule has 1 aliphatic rings. The fourth-order valence-electron chi connectivity index (χ4n) is 1.90. The Morgan fingerprint density at radius 3 is 2.90 bits per heavy atom. The van der Waals surface area contributed by atoms with Crippen molar-refractivity contribution in [2.24, 2.45) is 5.92 Å². The molecule has 20 heavy (non-hydrogen) atoms. The number of thioether (sulfide) groups is 1. The first kappa shape index (κ1) is 14.9. The molecule has 6 heteroatoms. The number of benzene rings is 1. The predicted molar refractivity (Wildman–Crippen MR) is 79.0 cm³/mol. The molecule has 0 radical (unpaired) electrons. The van der Waals surface area contributed by atoms with Crippen molar-refractivity contribution < 1.29 is 14.7 Å². The van der Waals surface area contributed by atoms with Crippen LogP contribution in [0.4, 0.5) is 5.69 Å². The third kappa shape index (κ3) is 3.32. The van der Waals surface area contributed by atoms with Crippen molar-refractivity contribution >= 4 is 29.3 Å². The molecule has 0 aromatic heterocycles. The van der Waals surface area contributed by atoms with Crippen molar-refractivity contribution in [3.63, 3.8) is 0 Å². The fraction of sp³-hybridized carbons (Fsp3) is 0.429. The van der Waals surface area contributed by atoms with Gasteiger partial charge in [-0.1, -0.05) is 13.8 Å². The molecule has 1 aromatic rings. The lowest BCUT2D eigenvalue weighted by atomic mass is 10.0. The van der Waals surface area contributed by atoms with E-state index >= 15 is 0 Å². The molecule has 2 amide bonds. The fourth-order valence-corrected chi connectivity index (χ4v) is 2.69. The SMILES string of the molecule is CC(C)C(CO)NC(=O)c1ccc2c(c1)NC(=O)CS2. The third-order valence-electron chi connectivity index (χ3n) is 3.19. The van der Waals surface area contributed by atoms with Crippen LogP contribution in [0.2, 0.25) is 0 Å². The number of carbonyl (C=O) groups excluding carboxylic acids is 2. The lowest BCUT2D eigenvalue weighted by Gasteiger charge is -2.21. The van der Waals surface area contributed by atoms with Crippen LogP contribution in [0, 0.1) is 5.92 Å². The van der Waals surface area contributed by atoms with Crippen LogP contribution in [-0.4, -0.2) is 35.3 Å². The minimum absolute atomic E-state index is 0.0597. The summed E-state index contributed by atoms with van der Waals surface area (Å²) in [6.45, 7) is 3.77. The second-order valence-corrected chi connectivity index (χ2v) is 6.07. The van der Waals surface area contributed by atoms with Crippen molar-refractivity contribution in [2.75, 3.05) is 17.7 Å². The molecule has 1 heterocycles. The summed E-state index contributed by atoms with van der Waals surface area (Å²) in [7, 11) is 0. The van der Waals surface area contributed by atoms with Gasteiger partial charge in [0, 0.05) is 10.5 Å². The molecular formula is C14H18N2O3S. The molecule has 1 atom stereocenters. The molecule has 2 rings (SSSR count). The average Bonchev–Trinajstić information content (AvgIpc) is 2.43. The van der Waals surface area contributed by atoms with E-state index in [4.69, 9.17) is 0 Å². The smallest absolute Gasteiger partial charge is 0.251 e. The van der Waals surface area contributed by atoms with Crippen molar-refractivity contribution in [1.29, 1.82) is 0 Å². The minimum atomic E-state index is -0.275. The first-order chi connectivity index (χ1) is 9.51. The molecule has 0 saturated heterocycles. The Balaban J connectivity index is 2.15. The van der Waals surface area contributed by atoms with E-state index in [2.05, 4.69) is 10.6 Å². The van der Waals surface area contributed by atoms with E-state index in [1.54, 1.807) is 12.1 Å². The number of aliphatic hydroxyl groups is 1. The van der Waals surface area contributed by atoms with Crippen molar-refractivity contribution in [2.45, 2.75) is 24.8 Å². The van der Waals surface area contributed by atoms with Crippen LogP contribution in [0.1, 0.15) is 24.2 Å². The molecule has 0 aliphatic carbocycles. The van der Waals surface area contributed by atoms with Gasteiger partial charge >= 0.3 is 0 Å². The number of nitrogens with one attached hydrogen (secondary N) is 2. The predicted octanol–water partition coefficient (Wildman–Crippen LogP) is 1.48. The van der Waals surface area contributed by atoms with Crippen LogP contribution < -0.4 is 10.6 Å². The van der Waals surface area contributed by atoms with Gasteiger partial charge in [0.1, 0.15) is 0 Å². The average molecular weight is 294 g/mol. The van der Waals surface area contributed by atoms with E-state index in [0.29, 0.717) is 17.0 Å². The Kier molecular flexibility index (Phi) is 4.67. The van der Waals surface area contributed by atoms with Gasteiger partial charge in [-0.3, -0.25) is 9.59 Å². The Hall–Kier alpha value is -1.53. The lowest BCUT2D eigenvalue weighted by Crippen LogP contribution is -2.41. The second kappa shape index (κ2) is 6.28. The largest absolute Gasteiger partial charge is 0.394 e. The van der Waals surface area contributed by atoms with E-state index in [1.807, 2.05) is 19.9 Å². The molecule has 0 bridgehead atoms. The molecule has 1 aromatic carbocycles. The van der Waals surface area contributed by atoms with Gasteiger partial charge in [0.05, 0.1) is 24.1 Å². The number of aliphatic hydroxyl groups excluding tert-OH is 1. The second-order valence-electron chi connectivity index (χ2n) is 5.05. The maximum atomic E-state index is 12.1. The molecule has 5 nitrogen and oxygen atoms in total. The highest BCUT2D eigenvalue weighted by Gasteiger charge is 2.19. The molecule has 0 saturated carbocycles. The number of rotatable bonds is 4. The van der Waals surface area contributed by atoms with E-state index < -0.39 is 0 Å². The molecule has 3 N–H and O–H groups in total. The summed E-state index contributed by atoms with van der Waals surface area (Å²) < 4.78 is 0. The van der Waals surface area contributed by atoms with Gasteiger partial charge < -0.3 is 15.7 Å². The van der Waals surface area contributed by atoms with Crippen molar-refractivity contribution in [3.8, 4) is 0 Å². The number of fused-ring (bicyclic) bond motifs is 1. The number of amides is 2. The van der Waals surface area contributed by atoms with Crippen LogP contribution in [0.15, 0.2) is 23.1 Å². The first-order valence-electron chi connectivity index (χ1n) is 6.49. The number of anilines is 1. The Labute approximate surface area is 122 Å². The van der Waals surface area contributed by atoms with Crippen LogP contribution in [-0.2, 0) is 4.79 Å².